The minimum atomic E-state index is -0.148. The van der Waals surface area contributed by atoms with Gasteiger partial charge >= 0.3 is 0 Å². The van der Waals surface area contributed by atoms with Gasteiger partial charge in [0.05, 0.1) is 19.8 Å². The highest BCUT2D eigenvalue weighted by Crippen LogP contribution is 2.24. The molecule has 0 atom stereocenters. The quantitative estimate of drug-likeness (QED) is 0.733. The molecule has 0 spiro atoms. The van der Waals surface area contributed by atoms with Gasteiger partial charge in [0.1, 0.15) is 11.5 Å². The molecule has 1 amide bonds. The van der Waals surface area contributed by atoms with Crippen LogP contribution in [0.25, 0.3) is 0 Å². The van der Waals surface area contributed by atoms with Crippen LogP contribution >= 0.6 is 0 Å². The normalized spacial score (nSPS) is 10.4. The van der Waals surface area contributed by atoms with Crippen molar-refractivity contribution in [2.45, 2.75) is 19.9 Å². The van der Waals surface area contributed by atoms with Crippen LogP contribution in [0.5, 0.6) is 11.5 Å². The van der Waals surface area contributed by atoms with Crippen molar-refractivity contribution in [3.8, 4) is 11.5 Å². The first-order valence-corrected chi connectivity index (χ1v) is 6.32. The SMILES string of the molecule is COc1ccc(C(=O)NCCNC(C)C)c(OC)c1. The molecule has 0 aliphatic rings. The van der Waals surface area contributed by atoms with E-state index in [0.717, 1.165) is 6.54 Å². The lowest BCUT2D eigenvalue weighted by atomic mass is 10.1. The Kier molecular flexibility index (Phi) is 6.15. The molecular weight excluding hydrogens is 244 g/mol. The third-order valence-electron chi connectivity index (χ3n) is 2.62. The van der Waals surface area contributed by atoms with E-state index in [-0.39, 0.29) is 5.91 Å². The summed E-state index contributed by atoms with van der Waals surface area (Å²) in [6, 6.07) is 5.54. The molecule has 5 heteroatoms. The van der Waals surface area contributed by atoms with Crippen LogP contribution in [0.1, 0.15) is 24.2 Å². The molecule has 19 heavy (non-hydrogen) atoms. The summed E-state index contributed by atoms with van der Waals surface area (Å²) in [5.41, 5.74) is 0.507. The Balaban J connectivity index is 2.61. The number of methoxy groups -OCH3 is 2. The summed E-state index contributed by atoms with van der Waals surface area (Å²) < 4.78 is 10.3. The minimum Gasteiger partial charge on any atom is -0.497 e. The standard InChI is InChI=1S/C14H22N2O3/c1-10(2)15-7-8-16-14(17)12-6-5-11(18-3)9-13(12)19-4/h5-6,9-10,15H,7-8H2,1-4H3,(H,16,17). The predicted octanol–water partition coefficient (Wildman–Crippen LogP) is 1.43. The van der Waals surface area contributed by atoms with Gasteiger partial charge in [-0.05, 0) is 12.1 Å². The smallest absolute Gasteiger partial charge is 0.255 e. The third kappa shape index (κ3) is 4.79. The Hall–Kier alpha value is -1.75. The van der Waals surface area contributed by atoms with E-state index in [2.05, 4.69) is 24.5 Å². The number of carbonyl (C=O) groups excluding carboxylic acids is 1. The highest BCUT2D eigenvalue weighted by Gasteiger charge is 2.12. The van der Waals surface area contributed by atoms with Crippen molar-refractivity contribution < 1.29 is 14.3 Å². The third-order valence-corrected chi connectivity index (χ3v) is 2.62. The second-order valence-electron chi connectivity index (χ2n) is 4.43. The minimum absolute atomic E-state index is 0.148. The average molecular weight is 266 g/mol. The van der Waals surface area contributed by atoms with Gasteiger partial charge in [-0.3, -0.25) is 4.79 Å². The Bertz CT molecular complexity index is 419. The van der Waals surface area contributed by atoms with Gasteiger partial charge in [0.2, 0.25) is 0 Å². The van der Waals surface area contributed by atoms with Crippen molar-refractivity contribution in [3.63, 3.8) is 0 Å². The van der Waals surface area contributed by atoms with Crippen LogP contribution in [0.3, 0.4) is 0 Å². The number of ether oxygens (including phenoxy) is 2. The van der Waals surface area contributed by atoms with Crippen LogP contribution in [0.4, 0.5) is 0 Å². The zero-order valence-corrected chi connectivity index (χ0v) is 11.9. The predicted molar refractivity (Wildman–Crippen MR) is 75.0 cm³/mol. The Morgan fingerprint density at radius 2 is 1.95 bits per heavy atom. The number of hydrogen-bond acceptors (Lipinski definition) is 4. The summed E-state index contributed by atoms with van der Waals surface area (Å²) in [6.45, 7) is 5.44. The van der Waals surface area contributed by atoms with E-state index in [9.17, 15) is 4.79 Å². The maximum Gasteiger partial charge on any atom is 0.255 e. The van der Waals surface area contributed by atoms with Crippen LogP contribution < -0.4 is 20.1 Å². The molecule has 0 aromatic heterocycles. The van der Waals surface area contributed by atoms with Gasteiger partial charge in [-0.25, -0.2) is 0 Å². The van der Waals surface area contributed by atoms with Crippen LogP contribution in [0.2, 0.25) is 0 Å². The topological polar surface area (TPSA) is 59.6 Å². The summed E-state index contributed by atoms with van der Waals surface area (Å²) in [7, 11) is 3.11. The second-order valence-corrected chi connectivity index (χ2v) is 4.43. The molecule has 5 nitrogen and oxygen atoms in total. The summed E-state index contributed by atoms with van der Waals surface area (Å²) >= 11 is 0. The molecule has 0 aliphatic carbocycles. The molecule has 0 heterocycles. The van der Waals surface area contributed by atoms with Crippen molar-refractivity contribution in [3.05, 3.63) is 23.8 Å². The first-order valence-electron chi connectivity index (χ1n) is 6.32. The summed E-state index contributed by atoms with van der Waals surface area (Å²) in [6.07, 6.45) is 0. The van der Waals surface area contributed by atoms with Crippen LogP contribution in [0.15, 0.2) is 18.2 Å². The van der Waals surface area contributed by atoms with Gasteiger partial charge in [-0.2, -0.15) is 0 Å². The number of amides is 1. The lowest BCUT2D eigenvalue weighted by Gasteiger charge is -2.12. The van der Waals surface area contributed by atoms with Gasteiger partial charge in [-0.1, -0.05) is 13.8 Å². The van der Waals surface area contributed by atoms with Gasteiger partial charge < -0.3 is 20.1 Å². The summed E-state index contributed by atoms with van der Waals surface area (Å²) in [4.78, 5) is 12.0. The number of benzene rings is 1. The lowest BCUT2D eigenvalue weighted by molar-refractivity contribution is 0.0950. The highest BCUT2D eigenvalue weighted by atomic mass is 16.5. The van der Waals surface area contributed by atoms with E-state index in [1.165, 1.54) is 7.11 Å². The molecule has 0 radical (unpaired) electrons. The fraction of sp³-hybridized carbons (Fsp3) is 0.500. The summed E-state index contributed by atoms with van der Waals surface area (Å²) in [5, 5.41) is 6.08. The van der Waals surface area contributed by atoms with Gasteiger partial charge in [0.25, 0.3) is 5.91 Å². The first-order chi connectivity index (χ1) is 9.08. The van der Waals surface area contributed by atoms with Crippen molar-refractivity contribution >= 4 is 5.91 Å². The van der Waals surface area contributed by atoms with E-state index in [0.29, 0.717) is 29.6 Å². The molecule has 0 bridgehead atoms. The molecule has 1 aromatic rings. The number of carbonyl (C=O) groups is 1. The number of nitrogens with one attached hydrogen (secondary N) is 2. The van der Waals surface area contributed by atoms with Gasteiger partial charge in [-0.15, -0.1) is 0 Å². The summed E-state index contributed by atoms with van der Waals surface area (Å²) in [5.74, 6) is 1.02. The van der Waals surface area contributed by atoms with E-state index in [4.69, 9.17) is 9.47 Å². The Labute approximate surface area is 114 Å². The molecule has 1 rings (SSSR count). The van der Waals surface area contributed by atoms with E-state index in [1.807, 2.05) is 0 Å². The lowest BCUT2D eigenvalue weighted by Crippen LogP contribution is -2.34. The van der Waals surface area contributed by atoms with E-state index in [1.54, 1.807) is 25.3 Å². The van der Waals surface area contributed by atoms with E-state index >= 15 is 0 Å². The molecule has 0 fully saturated rings. The molecular formula is C14H22N2O3. The number of rotatable bonds is 7. The average Bonchev–Trinajstić information content (AvgIpc) is 2.42. The fourth-order valence-electron chi connectivity index (χ4n) is 1.62. The molecule has 0 unspecified atom stereocenters. The van der Waals surface area contributed by atoms with Crippen LogP contribution in [0, 0.1) is 0 Å². The fourth-order valence-corrected chi connectivity index (χ4v) is 1.62. The van der Waals surface area contributed by atoms with Crippen molar-refractivity contribution in [2.24, 2.45) is 0 Å². The molecule has 106 valence electrons. The second kappa shape index (κ2) is 7.63. The molecule has 0 saturated carbocycles. The van der Waals surface area contributed by atoms with Crippen LogP contribution in [-0.2, 0) is 0 Å². The molecule has 2 N–H and O–H groups in total. The zero-order chi connectivity index (χ0) is 14.3. The first kappa shape index (κ1) is 15.3. The van der Waals surface area contributed by atoms with Crippen molar-refractivity contribution in [2.75, 3.05) is 27.3 Å². The Morgan fingerprint density at radius 3 is 2.53 bits per heavy atom. The molecule has 0 saturated heterocycles. The van der Waals surface area contributed by atoms with Crippen molar-refractivity contribution in [1.29, 1.82) is 0 Å². The maximum absolute atomic E-state index is 12.0. The van der Waals surface area contributed by atoms with Gasteiger partial charge in [0, 0.05) is 25.2 Å². The molecule has 0 aliphatic heterocycles. The Morgan fingerprint density at radius 1 is 1.21 bits per heavy atom. The van der Waals surface area contributed by atoms with E-state index < -0.39 is 0 Å². The monoisotopic (exact) mass is 266 g/mol. The maximum atomic E-state index is 12.0. The van der Waals surface area contributed by atoms with Crippen molar-refractivity contribution in [1.82, 2.24) is 10.6 Å². The van der Waals surface area contributed by atoms with Crippen LogP contribution in [-0.4, -0.2) is 39.3 Å². The number of hydrogen-bond donors (Lipinski definition) is 2. The largest absolute Gasteiger partial charge is 0.497 e. The molecule has 1 aromatic carbocycles. The van der Waals surface area contributed by atoms with Gasteiger partial charge in [0.15, 0.2) is 0 Å². The zero-order valence-electron chi connectivity index (χ0n) is 11.9. The highest BCUT2D eigenvalue weighted by molar-refractivity contribution is 5.97.